The molecule has 0 spiro atoms. The Morgan fingerprint density at radius 2 is 1.73 bits per heavy atom. The molecule has 1 fully saturated rings. The molecule has 6 nitrogen and oxygen atoms in total. The summed E-state index contributed by atoms with van der Waals surface area (Å²) >= 11 is 6.36. The van der Waals surface area contributed by atoms with E-state index in [1.807, 2.05) is 24.3 Å². The number of piperazine rings is 1. The van der Waals surface area contributed by atoms with Gasteiger partial charge in [0.05, 0.1) is 17.6 Å². The number of H-pyrrole nitrogens is 1. The van der Waals surface area contributed by atoms with Gasteiger partial charge in [0.2, 0.25) is 0 Å². The van der Waals surface area contributed by atoms with Crippen molar-refractivity contribution in [2.45, 2.75) is 13.1 Å². The van der Waals surface area contributed by atoms with Gasteiger partial charge < -0.3 is 9.88 Å². The van der Waals surface area contributed by atoms with E-state index in [1.165, 1.54) is 5.56 Å². The number of nitrogens with one attached hydrogen (secondary N) is 1. The molecule has 2 aromatic heterocycles. The fourth-order valence-corrected chi connectivity index (χ4v) is 4.48. The van der Waals surface area contributed by atoms with Crippen LogP contribution in [0, 0.1) is 0 Å². The van der Waals surface area contributed by atoms with E-state index in [2.05, 4.69) is 51.1 Å². The van der Waals surface area contributed by atoms with Crippen molar-refractivity contribution in [1.29, 1.82) is 0 Å². The van der Waals surface area contributed by atoms with Crippen LogP contribution in [0.4, 0.5) is 0 Å². The minimum Gasteiger partial charge on any atom is -0.304 e. The summed E-state index contributed by atoms with van der Waals surface area (Å²) in [6, 6.07) is 16.3. The van der Waals surface area contributed by atoms with Gasteiger partial charge in [-0.1, -0.05) is 54.1 Å². The van der Waals surface area contributed by atoms with Crippen molar-refractivity contribution in [1.82, 2.24) is 24.3 Å². The first-order chi connectivity index (χ1) is 14.6. The average molecular weight is 422 g/mol. The lowest BCUT2D eigenvalue weighted by Gasteiger charge is -2.32. The molecule has 5 rings (SSSR count). The molecule has 30 heavy (non-hydrogen) atoms. The predicted molar refractivity (Wildman–Crippen MR) is 121 cm³/mol. The zero-order chi connectivity index (χ0) is 20.7. The van der Waals surface area contributed by atoms with E-state index in [4.69, 9.17) is 11.6 Å². The van der Waals surface area contributed by atoms with Crippen LogP contribution in [0.1, 0.15) is 11.1 Å². The minimum absolute atomic E-state index is 0.172. The number of rotatable bonds is 4. The van der Waals surface area contributed by atoms with Gasteiger partial charge in [-0.2, -0.15) is 0 Å². The number of halogens is 1. The molecule has 0 aliphatic carbocycles. The van der Waals surface area contributed by atoms with Gasteiger partial charge in [-0.05, 0) is 24.2 Å². The topological polar surface area (TPSA) is 57.2 Å². The van der Waals surface area contributed by atoms with E-state index >= 15 is 0 Å². The molecular formula is C23H24ClN5O. The number of benzene rings is 2. The van der Waals surface area contributed by atoms with Crippen LogP contribution >= 0.6 is 11.6 Å². The van der Waals surface area contributed by atoms with Gasteiger partial charge in [0, 0.05) is 38.1 Å². The molecule has 0 saturated carbocycles. The van der Waals surface area contributed by atoms with E-state index < -0.39 is 0 Å². The minimum atomic E-state index is -0.172. The van der Waals surface area contributed by atoms with Crippen LogP contribution in [0.25, 0.3) is 21.9 Å². The highest BCUT2D eigenvalue weighted by Gasteiger charge is 2.16. The van der Waals surface area contributed by atoms with Crippen LogP contribution < -0.4 is 5.69 Å². The highest BCUT2D eigenvalue weighted by atomic mass is 35.5. The van der Waals surface area contributed by atoms with Crippen LogP contribution in [-0.4, -0.2) is 57.6 Å². The van der Waals surface area contributed by atoms with Gasteiger partial charge in [-0.15, -0.1) is 0 Å². The molecule has 1 aliphatic rings. The smallest absolute Gasteiger partial charge is 0.304 e. The summed E-state index contributed by atoms with van der Waals surface area (Å²) in [5, 5.41) is 1.24. The Morgan fingerprint density at radius 1 is 1.00 bits per heavy atom. The summed E-state index contributed by atoms with van der Waals surface area (Å²) < 4.78 is 1.76. The van der Waals surface area contributed by atoms with E-state index in [-0.39, 0.29) is 5.69 Å². The Balaban J connectivity index is 1.49. The second-order valence-electron chi connectivity index (χ2n) is 8.06. The molecule has 7 heteroatoms. The largest absolute Gasteiger partial charge is 0.326 e. The second-order valence-corrected chi connectivity index (χ2v) is 8.42. The number of nitrogens with zero attached hydrogens (tertiary/aromatic N) is 4. The van der Waals surface area contributed by atoms with Gasteiger partial charge in [0.25, 0.3) is 0 Å². The number of hydrogen-bond donors (Lipinski definition) is 1. The van der Waals surface area contributed by atoms with Crippen molar-refractivity contribution in [3.8, 4) is 0 Å². The summed E-state index contributed by atoms with van der Waals surface area (Å²) in [7, 11) is 2.17. The molecule has 1 saturated heterocycles. The molecule has 0 atom stereocenters. The SMILES string of the molecule is CN1CCN(Cc2cccc(Cn3c(=O)[nH]c4c(Cl)nc5ccccc5c43)c2)CC1. The van der Waals surface area contributed by atoms with Crippen molar-refractivity contribution in [2.75, 3.05) is 33.2 Å². The molecule has 1 N–H and O–H groups in total. The first-order valence-electron chi connectivity index (χ1n) is 10.2. The highest BCUT2D eigenvalue weighted by molar-refractivity contribution is 6.35. The monoisotopic (exact) mass is 421 g/mol. The van der Waals surface area contributed by atoms with E-state index in [9.17, 15) is 4.79 Å². The summed E-state index contributed by atoms with van der Waals surface area (Å²) in [5.74, 6) is 0. The highest BCUT2D eigenvalue weighted by Crippen LogP contribution is 2.27. The lowest BCUT2D eigenvalue weighted by Crippen LogP contribution is -2.43. The predicted octanol–water partition coefficient (Wildman–Crippen LogP) is 3.33. The number of likely N-dealkylation sites (N-methyl/N-ethyl adjacent to an activating group) is 1. The van der Waals surface area contributed by atoms with E-state index in [1.54, 1.807) is 4.57 Å². The summed E-state index contributed by atoms with van der Waals surface area (Å²) in [5.41, 5.74) is 4.38. The average Bonchev–Trinajstić information content (AvgIpc) is 3.07. The van der Waals surface area contributed by atoms with Gasteiger partial charge in [0.1, 0.15) is 5.52 Å². The number of hydrogen-bond acceptors (Lipinski definition) is 4. The lowest BCUT2D eigenvalue weighted by molar-refractivity contribution is 0.148. The maximum Gasteiger partial charge on any atom is 0.326 e. The fourth-order valence-electron chi connectivity index (χ4n) is 4.26. The van der Waals surface area contributed by atoms with Crippen LogP contribution in [0.3, 0.4) is 0 Å². The number of para-hydroxylation sites is 1. The Morgan fingerprint density at radius 3 is 2.53 bits per heavy atom. The van der Waals surface area contributed by atoms with Crippen LogP contribution in [0.5, 0.6) is 0 Å². The molecule has 0 radical (unpaired) electrons. The van der Waals surface area contributed by atoms with Crippen molar-refractivity contribution < 1.29 is 0 Å². The number of aromatic amines is 1. The zero-order valence-corrected chi connectivity index (χ0v) is 17.7. The van der Waals surface area contributed by atoms with Gasteiger partial charge >= 0.3 is 5.69 Å². The van der Waals surface area contributed by atoms with Crippen LogP contribution in [0.2, 0.25) is 5.15 Å². The summed E-state index contributed by atoms with van der Waals surface area (Å²) in [4.78, 5) is 24.9. The maximum absolute atomic E-state index is 12.8. The fraction of sp³-hybridized carbons (Fsp3) is 0.304. The third-order valence-electron chi connectivity index (χ3n) is 5.90. The number of fused-ring (bicyclic) bond motifs is 3. The quantitative estimate of drug-likeness (QED) is 0.513. The number of pyridine rings is 1. The molecule has 4 aromatic rings. The zero-order valence-electron chi connectivity index (χ0n) is 16.9. The molecule has 1 aliphatic heterocycles. The van der Waals surface area contributed by atoms with E-state index in [0.717, 1.165) is 54.7 Å². The third-order valence-corrected chi connectivity index (χ3v) is 6.18. The summed E-state index contributed by atoms with van der Waals surface area (Å²) in [6.07, 6.45) is 0. The first-order valence-corrected chi connectivity index (χ1v) is 10.6. The number of imidazole rings is 1. The molecule has 0 bridgehead atoms. The Kier molecular flexibility index (Phi) is 5.06. The van der Waals surface area contributed by atoms with Crippen molar-refractivity contribution in [3.05, 3.63) is 75.3 Å². The molecule has 0 unspecified atom stereocenters. The molecule has 0 amide bonds. The molecule has 2 aromatic carbocycles. The van der Waals surface area contributed by atoms with Crippen molar-refractivity contribution in [3.63, 3.8) is 0 Å². The summed E-state index contributed by atoms with van der Waals surface area (Å²) in [6.45, 7) is 5.79. The normalized spacial score (nSPS) is 15.9. The number of aromatic nitrogens is 3. The van der Waals surface area contributed by atoms with Gasteiger partial charge in [0.15, 0.2) is 5.15 Å². The Hall–Kier alpha value is -2.67. The Bertz CT molecular complexity index is 1270. The maximum atomic E-state index is 12.8. The second kappa shape index (κ2) is 7.87. The van der Waals surface area contributed by atoms with Crippen molar-refractivity contribution >= 4 is 33.5 Å². The van der Waals surface area contributed by atoms with E-state index in [0.29, 0.717) is 17.2 Å². The van der Waals surface area contributed by atoms with Crippen molar-refractivity contribution in [2.24, 2.45) is 0 Å². The van der Waals surface area contributed by atoms with Gasteiger partial charge in [-0.25, -0.2) is 9.78 Å². The van der Waals surface area contributed by atoms with Crippen LogP contribution in [-0.2, 0) is 13.1 Å². The molecule has 154 valence electrons. The Labute approximate surface area is 179 Å². The lowest BCUT2D eigenvalue weighted by atomic mass is 10.1. The molecular weight excluding hydrogens is 398 g/mol. The third kappa shape index (κ3) is 3.62. The first kappa shape index (κ1) is 19.3. The van der Waals surface area contributed by atoms with Gasteiger partial charge in [-0.3, -0.25) is 9.47 Å². The standard InChI is InChI=1S/C23H24ClN5O/c1-27-9-11-28(12-10-27)14-16-5-4-6-17(13-16)15-29-21-18-7-2-3-8-19(18)25-22(24)20(21)26-23(29)30/h2-8,13H,9-12,14-15H2,1H3,(H,26,30). The molecule has 3 heterocycles. The van der Waals surface area contributed by atoms with Crippen LogP contribution in [0.15, 0.2) is 53.3 Å².